The Morgan fingerprint density at radius 2 is 1.96 bits per heavy atom. The summed E-state index contributed by atoms with van der Waals surface area (Å²) in [5.41, 5.74) is 1.37. The normalized spacial score (nSPS) is 11.0. The molecule has 3 rings (SSSR count). The molecule has 0 unspecified atom stereocenters. The van der Waals surface area contributed by atoms with E-state index in [1.165, 1.54) is 29.6 Å². The van der Waals surface area contributed by atoms with Gasteiger partial charge < -0.3 is 9.88 Å². The summed E-state index contributed by atoms with van der Waals surface area (Å²) in [6.07, 6.45) is 2.27. The molecule has 3 aromatic rings. The fraction of sp³-hybridized carbons (Fsp3) is 0.294. The van der Waals surface area contributed by atoms with Gasteiger partial charge in [-0.3, -0.25) is 18.7 Å². The standard InChI is InChI=1S/C17H19N5O3/c1-4-11-6-5-7-12(8-11)19-13(23)9-22-10-18-15-14(22)16(24)21(3)17(25)20(15)2/h5-8,10H,4,9H2,1-3H3,(H,19,23). The predicted octanol–water partition coefficient (Wildman–Crippen LogP) is 0.635. The molecule has 8 nitrogen and oxygen atoms in total. The highest BCUT2D eigenvalue weighted by Crippen LogP contribution is 2.12. The Labute approximate surface area is 143 Å². The van der Waals surface area contributed by atoms with Crippen LogP contribution in [-0.2, 0) is 31.9 Å². The topological polar surface area (TPSA) is 90.9 Å². The maximum absolute atomic E-state index is 12.4. The second kappa shape index (κ2) is 6.39. The number of hydrogen-bond acceptors (Lipinski definition) is 4. The van der Waals surface area contributed by atoms with Gasteiger partial charge in [0.05, 0.1) is 6.33 Å². The molecule has 25 heavy (non-hydrogen) atoms. The lowest BCUT2D eigenvalue weighted by Gasteiger charge is -2.08. The number of aromatic nitrogens is 4. The summed E-state index contributed by atoms with van der Waals surface area (Å²) in [5, 5.41) is 2.81. The van der Waals surface area contributed by atoms with Gasteiger partial charge in [0, 0.05) is 19.8 Å². The Balaban J connectivity index is 1.92. The average molecular weight is 341 g/mol. The zero-order valence-electron chi connectivity index (χ0n) is 14.3. The number of amides is 1. The Bertz CT molecular complexity index is 1070. The molecule has 2 aromatic heterocycles. The summed E-state index contributed by atoms with van der Waals surface area (Å²) in [4.78, 5) is 40.7. The van der Waals surface area contributed by atoms with Crippen LogP contribution in [0.1, 0.15) is 12.5 Å². The zero-order chi connectivity index (χ0) is 18.1. The van der Waals surface area contributed by atoms with Crippen molar-refractivity contribution in [2.45, 2.75) is 19.9 Å². The maximum atomic E-state index is 12.4. The lowest BCUT2D eigenvalue weighted by Crippen LogP contribution is -2.37. The highest BCUT2D eigenvalue weighted by atomic mass is 16.2. The van der Waals surface area contributed by atoms with Crippen LogP contribution in [0.25, 0.3) is 11.2 Å². The summed E-state index contributed by atoms with van der Waals surface area (Å²) < 4.78 is 3.75. The van der Waals surface area contributed by atoms with Gasteiger partial charge in [0.15, 0.2) is 11.2 Å². The molecule has 0 saturated carbocycles. The SMILES string of the molecule is CCc1cccc(NC(=O)Cn2cnc3c2c(=O)n(C)c(=O)n3C)c1. The lowest BCUT2D eigenvalue weighted by atomic mass is 10.1. The first-order valence-electron chi connectivity index (χ1n) is 7.92. The number of fused-ring (bicyclic) bond motifs is 1. The quantitative estimate of drug-likeness (QED) is 0.754. The molecule has 0 saturated heterocycles. The molecule has 0 spiro atoms. The molecule has 2 heterocycles. The van der Waals surface area contributed by atoms with Crippen LogP contribution in [0.15, 0.2) is 40.2 Å². The lowest BCUT2D eigenvalue weighted by molar-refractivity contribution is -0.116. The minimum atomic E-state index is -0.476. The van der Waals surface area contributed by atoms with Gasteiger partial charge in [-0.2, -0.15) is 0 Å². The number of carbonyl (C=O) groups is 1. The number of nitrogens with zero attached hydrogens (tertiary/aromatic N) is 4. The summed E-state index contributed by atoms with van der Waals surface area (Å²) >= 11 is 0. The minimum Gasteiger partial charge on any atom is -0.325 e. The first-order valence-corrected chi connectivity index (χ1v) is 7.92. The van der Waals surface area contributed by atoms with Crippen LogP contribution in [0.3, 0.4) is 0 Å². The van der Waals surface area contributed by atoms with Crippen molar-refractivity contribution in [3.8, 4) is 0 Å². The molecule has 1 aromatic carbocycles. The minimum absolute atomic E-state index is 0.0692. The molecule has 130 valence electrons. The van der Waals surface area contributed by atoms with Gasteiger partial charge in [0.1, 0.15) is 6.54 Å². The molecule has 0 fully saturated rings. The van der Waals surface area contributed by atoms with Gasteiger partial charge in [-0.05, 0) is 24.1 Å². The molecule has 1 N–H and O–H groups in total. The number of benzene rings is 1. The summed E-state index contributed by atoms with van der Waals surface area (Å²) in [6.45, 7) is 1.97. The fourth-order valence-corrected chi connectivity index (χ4v) is 2.74. The molecule has 0 aliphatic heterocycles. The third kappa shape index (κ3) is 2.98. The predicted molar refractivity (Wildman–Crippen MR) is 94.7 cm³/mol. The Kier molecular flexibility index (Phi) is 4.26. The number of anilines is 1. The third-order valence-electron chi connectivity index (χ3n) is 4.15. The maximum Gasteiger partial charge on any atom is 0.332 e. The van der Waals surface area contributed by atoms with Crippen molar-refractivity contribution in [2.24, 2.45) is 14.1 Å². The van der Waals surface area contributed by atoms with Crippen molar-refractivity contribution in [1.82, 2.24) is 18.7 Å². The molecular weight excluding hydrogens is 322 g/mol. The van der Waals surface area contributed by atoms with Gasteiger partial charge in [0.2, 0.25) is 5.91 Å². The Morgan fingerprint density at radius 1 is 1.20 bits per heavy atom. The molecular formula is C17H19N5O3. The van der Waals surface area contributed by atoms with E-state index in [-0.39, 0.29) is 23.6 Å². The second-order valence-corrected chi connectivity index (χ2v) is 5.85. The van der Waals surface area contributed by atoms with Gasteiger partial charge in [-0.1, -0.05) is 19.1 Å². The molecule has 0 aliphatic carbocycles. The van der Waals surface area contributed by atoms with Crippen molar-refractivity contribution < 1.29 is 4.79 Å². The van der Waals surface area contributed by atoms with E-state index in [0.717, 1.165) is 16.6 Å². The summed E-state index contributed by atoms with van der Waals surface area (Å²) in [5.74, 6) is -0.275. The van der Waals surface area contributed by atoms with E-state index < -0.39 is 11.2 Å². The van der Waals surface area contributed by atoms with Gasteiger partial charge in [0.25, 0.3) is 5.56 Å². The first-order chi connectivity index (χ1) is 11.9. The van der Waals surface area contributed by atoms with E-state index in [0.29, 0.717) is 5.69 Å². The highest BCUT2D eigenvalue weighted by molar-refractivity contribution is 5.91. The van der Waals surface area contributed by atoms with Gasteiger partial charge in [-0.15, -0.1) is 0 Å². The number of hydrogen-bond donors (Lipinski definition) is 1. The van der Waals surface area contributed by atoms with E-state index in [4.69, 9.17) is 0 Å². The third-order valence-corrected chi connectivity index (χ3v) is 4.15. The van der Waals surface area contributed by atoms with Crippen molar-refractivity contribution in [1.29, 1.82) is 0 Å². The largest absolute Gasteiger partial charge is 0.332 e. The van der Waals surface area contributed by atoms with Crippen molar-refractivity contribution in [3.63, 3.8) is 0 Å². The number of carbonyl (C=O) groups excluding carboxylic acids is 1. The molecule has 1 amide bonds. The van der Waals surface area contributed by atoms with Crippen LogP contribution in [0.5, 0.6) is 0 Å². The molecule has 0 radical (unpaired) electrons. The number of imidazole rings is 1. The van der Waals surface area contributed by atoms with E-state index in [1.807, 2.05) is 31.2 Å². The molecule has 0 aliphatic rings. The average Bonchev–Trinajstić information content (AvgIpc) is 3.01. The molecule has 8 heteroatoms. The fourth-order valence-electron chi connectivity index (χ4n) is 2.74. The van der Waals surface area contributed by atoms with Crippen LogP contribution < -0.4 is 16.6 Å². The van der Waals surface area contributed by atoms with E-state index in [9.17, 15) is 14.4 Å². The summed E-state index contributed by atoms with van der Waals surface area (Å²) in [6, 6.07) is 7.59. The van der Waals surface area contributed by atoms with Crippen LogP contribution >= 0.6 is 0 Å². The number of aryl methyl sites for hydroxylation is 2. The van der Waals surface area contributed by atoms with E-state index in [1.54, 1.807) is 0 Å². The van der Waals surface area contributed by atoms with Crippen LogP contribution in [0, 0.1) is 0 Å². The van der Waals surface area contributed by atoms with Crippen molar-refractivity contribution >= 4 is 22.8 Å². The van der Waals surface area contributed by atoms with E-state index >= 15 is 0 Å². The van der Waals surface area contributed by atoms with Gasteiger partial charge in [-0.25, -0.2) is 9.78 Å². The smallest absolute Gasteiger partial charge is 0.325 e. The highest BCUT2D eigenvalue weighted by Gasteiger charge is 2.16. The molecule has 0 bridgehead atoms. The van der Waals surface area contributed by atoms with Crippen LogP contribution in [0.4, 0.5) is 5.69 Å². The molecule has 0 atom stereocenters. The van der Waals surface area contributed by atoms with Crippen LogP contribution in [0.2, 0.25) is 0 Å². The monoisotopic (exact) mass is 341 g/mol. The van der Waals surface area contributed by atoms with Crippen LogP contribution in [-0.4, -0.2) is 24.6 Å². The second-order valence-electron chi connectivity index (χ2n) is 5.85. The van der Waals surface area contributed by atoms with Crippen molar-refractivity contribution in [3.05, 3.63) is 57.0 Å². The van der Waals surface area contributed by atoms with E-state index in [2.05, 4.69) is 10.3 Å². The number of rotatable bonds is 4. The Morgan fingerprint density at radius 3 is 2.68 bits per heavy atom. The Hall–Kier alpha value is -3.16. The number of nitrogens with one attached hydrogen (secondary N) is 1. The summed E-state index contributed by atoms with van der Waals surface area (Å²) in [7, 11) is 2.94. The van der Waals surface area contributed by atoms with Gasteiger partial charge >= 0.3 is 5.69 Å². The zero-order valence-corrected chi connectivity index (χ0v) is 14.3. The first kappa shape index (κ1) is 16.7. The van der Waals surface area contributed by atoms with Crippen molar-refractivity contribution in [2.75, 3.05) is 5.32 Å².